The number of hydrazone groups is 1. The Kier molecular flexibility index (Phi) is 6.71. The number of nitrogens with zero attached hydrogens (tertiary/aromatic N) is 4. The molecule has 0 saturated heterocycles. The summed E-state index contributed by atoms with van der Waals surface area (Å²) in [5.74, 6) is 0.545. The van der Waals surface area contributed by atoms with Gasteiger partial charge in [-0.3, -0.25) is 4.79 Å². The molecule has 0 radical (unpaired) electrons. The molecule has 0 atom stereocenters. The number of aromatic nitrogens is 3. The van der Waals surface area contributed by atoms with Crippen molar-refractivity contribution in [3.8, 4) is 17.1 Å². The quantitative estimate of drug-likeness (QED) is 0.318. The van der Waals surface area contributed by atoms with E-state index in [0.29, 0.717) is 21.6 Å². The third-order valence-electron chi connectivity index (χ3n) is 3.63. The second-order valence-corrected chi connectivity index (χ2v) is 7.96. The SMILES string of the molecule is Cn1c(SCC(=O)NN=Cc2cc(Br)ccc2O)nnc1-c1cccc(Cl)c1. The number of carbonyl (C=O) groups excluding carboxylic acids is 1. The van der Waals surface area contributed by atoms with Crippen molar-refractivity contribution in [1.29, 1.82) is 0 Å². The summed E-state index contributed by atoms with van der Waals surface area (Å²) in [6, 6.07) is 12.3. The van der Waals surface area contributed by atoms with Crippen molar-refractivity contribution >= 4 is 51.4 Å². The van der Waals surface area contributed by atoms with Gasteiger partial charge < -0.3 is 9.67 Å². The Morgan fingerprint density at radius 2 is 2.18 bits per heavy atom. The molecule has 3 rings (SSSR count). The van der Waals surface area contributed by atoms with Gasteiger partial charge in [-0.1, -0.05) is 51.4 Å². The molecule has 28 heavy (non-hydrogen) atoms. The van der Waals surface area contributed by atoms with Gasteiger partial charge in [-0.25, -0.2) is 5.43 Å². The zero-order valence-electron chi connectivity index (χ0n) is 14.6. The number of benzene rings is 2. The maximum atomic E-state index is 12.0. The summed E-state index contributed by atoms with van der Waals surface area (Å²) in [7, 11) is 1.82. The van der Waals surface area contributed by atoms with Gasteiger partial charge in [0.2, 0.25) is 0 Å². The Bertz CT molecular complexity index is 1040. The topological polar surface area (TPSA) is 92.4 Å². The minimum absolute atomic E-state index is 0.0724. The van der Waals surface area contributed by atoms with Gasteiger partial charge in [-0.2, -0.15) is 5.10 Å². The van der Waals surface area contributed by atoms with Gasteiger partial charge in [-0.15, -0.1) is 10.2 Å². The van der Waals surface area contributed by atoms with Crippen LogP contribution >= 0.6 is 39.3 Å². The van der Waals surface area contributed by atoms with Gasteiger partial charge in [-0.05, 0) is 30.3 Å². The van der Waals surface area contributed by atoms with E-state index >= 15 is 0 Å². The standard InChI is InChI=1S/C18H15BrClN5O2S/c1-25-17(11-3-2-4-14(20)8-11)23-24-18(25)28-10-16(27)22-21-9-12-7-13(19)5-6-15(12)26/h2-9,26H,10H2,1H3,(H,22,27). The molecule has 7 nitrogen and oxygen atoms in total. The second-order valence-electron chi connectivity index (χ2n) is 5.66. The number of amides is 1. The molecule has 1 amide bonds. The summed E-state index contributed by atoms with van der Waals surface area (Å²) < 4.78 is 2.60. The third-order valence-corrected chi connectivity index (χ3v) is 5.38. The second kappa shape index (κ2) is 9.22. The van der Waals surface area contributed by atoms with Crippen LogP contribution in [-0.4, -0.2) is 37.7 Å². The van der Waals surface area contributed by atoms with Gasteiger partial charge in [0.05, 0.1) is 12.0 Å². The van der Waals surface area contributed by atoms with Gasteiger partial charge in [0, 0.05) is 27.7 Å². The molecule has 0 aliphatic heterocycles. The van der Waals surface area contributed by atoms with Crippen LogP contribution < -0.4 is 5.43 Å². The molecule has 0 fully saturated rings. The Morgan fingerprint density at radius 3 is 2.96 bits per heavy atom. The Labute approximate surface area is 178 Å². The first-order valence-electron chi connectivity index (χ1n) is 8.02. The maximum Gasteiger partial charge on any atom is 0.250 e. The fraction of sp³-hybridized carbons (Fsp3) is 0.111. The van der Waals surface area contributed by atoms with Crippen LogP contribution in [0.25, 0.3) is 11.4 Å². The molecular formula is C18H15BrClN5O2S. The van der Waals surface area contributed by atoms with Crippen molar-refractivity contribution in [3.63, 3.8) is 0 Å². The minimum atomic E-state index is -0.303. The molecule has 2 N–H and O–H groups in total. The molecule has 0 aliphatic carbocycles. The van der Waals surface area contributed by atoms with Gasteiger partial charge >= 0.3 is 0 Å². The Hall–Kier alpha value is -2.36. The minimum Gasteiger partial charge on any atom is -0.507 e. The number of carbonyl (C=O) groups is 1. The average Bonchev–Trinajstić information content (AvgIpc) is 3.03. The van der Waals surface area contributed by atoms with Crippen LogP contribution in [0.5, 0.6) is 5.75 Å². The molecule has 1 aromatic heterocycles. The molecule has 0 unspecified atom stereocenters. The Balaban J connectivity index is 1.58. The molecule has 10 heteroatoms. The lowest BCUT2D eigenvalue weighted by atomic mass is 10.2. The van der Waals surface area contributed by atoms with Gasteiger partial charge in [0.25, 0.3) is 5.91 Å². The van der Waals surface area contributed by atoms with Crippen molar-refractivity contribution in [2.45, 2.75) is 5.16 Å². The molecule has 0 spiro atoms. The normalized spacial score (nSPS) is 11.1. The molecule has 0 bridgehead atoms. The highest BCUT2D eigenvalue weighted by atomic mass is 79.9. The fourth-order valence-corrected chi connectivity index (χ4v) is 3.56. The zero-order valence-corrected chi connectivity index (χ0v) is 17.8. The van der Waals surface area contributed by atoms with E-state index in [9.17, 15) is 9.90 Å². The number of nitrogens with one attached hydrogen (secondary N) is 1. The highest BCUT2D eigenvalue weighted by molar-refractivity contribution is 9.10. The average molecular weight is 481 g/mol. The van der Waals surface area contributed by atoms with Crippen LogP contribution in [0.15, 0.2) is 57.2 Å². The summed E-state index contributed by atoms with van der Waals surface area (Å²) in [5.41, 5.74) is 3.75. The van der Waals surface area contributed by atoms with Gasteiger partial charge in [0.1, 0.15) is 5.75 Å². The van der Waals surface area contributed by atoms with Crippen LogP contribution in [0, 0.1) is 0 Å². The van der Waals surface area contributed by atoms with E-state index in [-0.39, 0.29) is 17.4 Å². The number of halogens is 2. The fourth-order valence-electron chi connectivity index (χ4n) is 2.28. The van der Waals surface area contributed by atoms with Crippen LogP contribution in [0.4, 0.5) is 0 Å². The molecular weight excluding hydrogens is 466 g/mol. The van der Waals surface area contributed by atoms with Crippen LogP contribution in [0.1, 0.15) is 5.56 Å². The van der Waals surface area contributed by atoms with Crippen LogP contribution in [0.2, 0.25) is 5.02 Å². The number of hydrogen-bond acceptors (Lipinski definition) is 6. The van der Waals surface area contributed by atoms with E-state index in [1.54, 1.807) is 28.8 Å². The third kappa shape index (κ3) is 5.12. The molecule has 144 valence electrons. The molecule has 1 heterocycles. The number of phenols is 1. The summed E-state index contributed by atoms with van der Waals surface area (Å²) in [6.07, 6.45) is 1.38. The summed E-state index contributed by atoms with van der Waals surface area (Å²) in [5, 5.41) is 23.1. The van der Waals surface area contributed by atoms with Crippen molar-refractivity contribution < 1.29 is 9.90 Å². The number of aromatic hydroxyl groups is 1. The first-order valence-corrected chi connectivity index (χ1v) is 10.2. The van der Waals surface area contributed by atoms with Crippen LogP contribution in [-0.2, 0) is 11.8 Å². The highest BCUT2D eigenvalue weighted by Crippen LogP contribution is 2.24. The largest absolute Gasteiger partial charge is 0.507 e. The summed E-state index contributed by atoms with van der Waals surface area (Å²) >= 11 is 10.6. The summed E-state index contributed by atoms with van der Waals surface area (Å²) in [6.45, 7) is 0. The Morgan fingerprint density at radius 1 is 1.36 bits per heavy atom. The van der Waals surface area contributed by atoms with Crippen molar-refractivity contribution in [2.24, 2.45) is 12.1 Å². The molecule has 3 aromatic rings. The van der Waals surface area contributed by atoms with Gasteiger partial charge in [0.15, 0.2) is 11.0 Å². The zero-order chi connectivity index (χ0) is 20.1. The number of hydrogen-bond donors (Lipinski definition) is 2. The monoisotopic (exact) mass is 479 g/mol. The van der Waals surface area contributed by atoms with E-state index in [4.69, 9.17) is 11.6 Å². The molecule has 2 aromatic carbocycles. The molecule has 0 saturated carbocycles. The number of rotatable bonds is 6. The van der Waals surface area contributed by atoms with E-state index in [2.05, 4.69) is 36.7 Å². The van der Waals surface area contributed by atoms with E-state index in [1.807, 2.05) is 19.2 Å². The number of phenolic OH excluding ortho intramolecular Hbond substituents is 1. The van der Waals surface area contributed by atoms with Crippen molar-refractivity contribution in [2.75, 3.05) is 5.75 Å². The lowest BCUT2D eigenvalue weighted by molar-refractivity contribution is -0.118. The predicted octanol–water partition coefficient (Wildman–Crippen LogP) is 3.85. The smallest absolute Gasteiger partial charge is 0.250 e. The van der Waals surface area contributed by atoms with Crippen molar-refractivity contribution in [3.05, 3.63) is 57.5 Å². The first-order chi connectivity index (χ1) is 13.4. The number of thioether (sulfide) groups is 1. The van der Waals surface area contributed by atoms with E-state index in [1.165, 1.54) is 24.0 Å². The summed E-state index contributed by atoms with van der Waals surface area (Å²) in [4.78, 5) is 12.0. The van der Waals surface area contributed by atoms with E-state index in [0.717, 1.165) is 10.0 Å². The first kappa shape index (κ1) is 20.4. The van der Waals surface area contributed by atoms with Crippen LogP contribution in [0.3, 0.4) is 0 Å². The lowest BCUT2D eigenvalue weighted by Crippen LogP contribution is -2.19. The van der Waals surface area contributed by atoms with E-state index < -0.39 is 0 Å². The lowest BCUT2D eigenvalue weighted by Gasteiger charge is -2.04. The molecule has 0 aliphatic rings. The highest BCUT2D eigenvalue weighted by Gasteiger charge is 2.13. The predicted molar refractivity (Wildman–Crippen MR) is 114 cm³/mol. The van der Waals surface area contributed by atoms with Crippen molar-refractivity contribution in [1.82, 2.24) is 20.2 Å². The maximum absolute atomic E-state index is 12.0.